The molecule has 3 aromatic rings. The molecule has 154 valence electrons. The third-order valence-corrected chi connectivity index (χ3v) is 5.28. The number of piperazine rings is 1. The molecule has 0 bridgehead atoms. The molecular formula is C24H26N4O2. The molecule has 2 aromatic carbocycles. The van der Waals surface area contributed by atoms with Crippen LogP contribution in [0.4, 0.5) is 5.69 Å². The molecule has 4 rings (SSSR count). The average molecular weight is 402 g/mol. The Hall–Kier alpha value is -3.41. The summed E-state index contributed by atoms with van der Waals surface area (Å²) in [6.45, 7) is 3.98. The Labute approximate surface area is 176 Å². The first kappa shape index (κ1) is 19.9. The highest BCUT2D eigenvalue weighted by molar-refractivity contribution is 5.97. The fourth-order valence-corrected chi connectivity index (χ4v) is 3.72. The molecule has 0 aliphatic carbocycles. The van der Waals surface area contributed by atoms with Gasteiger partial charge in [-0.05, 0) is 36.2 Å². The summed E-state index contributed by atoms with van der Waals surface area (Å²) in [4.78, 5) is 30.5. The molecule has 0 radical (unpaired) electrons. The zero-order valence-electron chi connectivity index (χ0n) is 17.1. The predicted octanol–water partition coefficient (Wildman–Crippen LogP) is 3.37. The van der Waals surface area contributed by atoms with Gasteiger partial charge in [0.1, 0.15) is 0 Å². The number of hydrogen-bond acceptors (Lipinski definition) is 4. The molecule has 0 atom stereocenters. The van der Waals surface area contributed by atoms with Crippen LogP contribution in [0.3, 0.4) is 0 Å². The molecule has 1 fully saturated rings. The summed E-state index contributed by atoms with van der Waals surface area (Å²) >= 11 is 0. The Morgan fingerprint density at radius 1 is 1.17 bits per heavy atom. The standard InChI is InChI=1S/C24H26N4O2/c1-2-5-19-14-22(20-6-3-4-7-21(20)27-19)26-15-17-8-10-18(11-9-17)24(30)28-13-12-25-23(29)16-28/h3-4,6-11,14H,2,5,12-13,15-16H2,1H3,(H,25,29)(H,26,27). The number of amides is 2. The molecule has 1 aliphatic rings. The van der Waals surface area contributed by atoms with E-state index in [-0.39, 0.29) is 18.4 Å². The van der Waals surface area contributed by atoms with Gasteiger partial charge >= 0.3 is 0 Å². The number of nitrogens with zero attached hydrogens (tertiary/aromatic N) is 2. The molecule has 2 heterocycles. The second kappa shape index (κ2) is 8.95. The van der Waals surface area contributed by atoms with Crippen molar-refractivity contribution in [2.24, 2.45) is 0 Å². The van der Waals surface area contributed by atoms with E-state index in [1.165, 1.54) is 0 Å². The third-order valence-electron chi connectivity index (χ3n) is 5.28. The van der Waals surface area contributed by atoms with E-state index in [1.807, 2.05) is 42.5 Å². The lowest BCUT2D eigenvalue weighted by Gasteiger charge is -2.26. The summed E-state index contributed by atoms with van der Waals surface area (Å²) < 4.78 is 0. The minimum atomic E-state index is -0.109. The lowest BCUT2D eigenvalue weighted by Crippen LogP contribution is -2.49. The molecule has 6 nitrogen and oxygen atoms in total. The fourth-order valence-electron chi connectivity index (χ4n) is 3.72. The van der Waals surface area contributed by atoms with Crippen LogP contribution in [0.1, 0.15) is 35.0 Å². The zero-order valence-corrected chi connectivity index (χ0v) is 17.1. The van der Waals surface area contributed by atoms with Crippen molar-refractivity contribution < 1.29 is 9.59 Å². The summed E-state index contributed by atoms with van der Waals surface area (Å²) in [5, 5.41) is 7.38. The van der Waals surface area contributed by atoms with E-state index < -0.39 is 0 Å². The van der Waals surface area contributed by atoms with Crippen LogP contribution < -0.4 is 10.6 Å². The molecule has 0 saturated carbocycles. The summed E-state index contributed by atoms with van der Waals surface area (Å²) in [5.41, 5.74) is 4.85. The number of pyridine rings is 1. The van der Waals surface area contributed by atoms with Crippen LogP contribution in [0.15, 0.2) is 54.6 Å². The zero-order chi connectivity index (χ0) is 20.9. The number of carbonyl (C=O) groups excluding carboxylic acids is 2. The summed E-state index contributed by atoms with van der Waals surface area (Å²) in [6.07, 6.45) is 2.00. The summed E-state index contributed by atoms with van der Waals surface area (Å²) in [6, 6.07) is 17.9. The van der Waals surface area contributed by atoms with Crippen molar-refractivity contribution in [3.63, 3.8) is 0 Å². The molecule has 2 amide bonds. The van der Waals surface area contributed by atoms with E-state index in [1.54, 1.807) is 4.90 Å². The molecule has 1 aliphatic heterocycles. The van der Waals surface area contributed by atoms with Crippen molar-refractivity contribution in [1.82, 2.24) is 15.2 Å². The minimum absolute atomic E-state index is 0.103. The van der Waals surface area contributed by atoms with E-state index in [0.717, 1.165) is 40.7 Å². The Morgan fingerprint density at radius 3 is 2.73 bits per heavy atom. The topological polar surface area (TPSA) is 74.3 Å². The van der Waals surface area contributed by atoms with Gasteiger partial charge in [-0.2, -0.15) is 0 Å². The number of nitrogens with one attached hydrogen (secondary N) is 2. The smallest absolute Gasteiger partial charge is 0.254 e. The van der Waals surface area contributed by atoms with Gasteiger partial charge in [0.05, 0.1) is 12.1 Å². The second-order valence-electron chi connectivity index (χ2n) is 7.56. The fraction of sp³-hybridized carbons (Fsp3) is 0.292. The first-order valence-electron chi connectivity index (χ1n) is 10.4. The highest BCUT2D eigenvalue weighted by atomic mass is 16.2. The van der Waals surface area contributed by atoms with Crippen molar-refractivity contribution >= 4 is 28.4 Å². The van der Waals surface area contributed by atoms with Crippen LogP contribution in [0.25, 0.3) is 10.9 Å². The van der Waals surface area contributed by atoms with Gasteiger partial charge in [0.15, 0.2) is 0 Å². The molecule has 2 N–H and O–H groups in total. The second-order valence-corrected chi connectivity index (χ2v) is 7.56. The summed E-state index contributed by atoms with van der Waals surface area (Å²) in [7, 11) is 0. The van der Waals surface area contributed by atoms with Gasteiger partial charge in [0.25, 0.3) is 5.91 Å². The molecule has 6 heteroatoms. The van der Waals surface area contributed by atoms with Crippen molar-refractivity contribution in [2.45, 2.75) is 26.3 Å². The molecule has 1 aromatic heterocycles. The van der Waals surface area contributed by atoms with E-state index >= 15 is 0 Å². The number of hydrogen-bond donors (Lipinski definition) is 2. The predicted molar refractivity (Wildman–Crippen MR) is 118 cm³/mol. The molecular weight excluding hydrogens is 376 g/mol. The van der Waals surface area contributed by atoms with E-state index in [9.17, 15) is 9.59 Å². The first-order chi connectivity index (χ1) is 14.6. The van der Waals surface area contributed by atoms with E-state index in [2.05, 4.69) is 29.7 Å². The number of anilines is 1. The van der Waals surface area contributed by atoms with E-state index in [0.29, 0.717) is 25.2 Å². The summed E-state index contributed by atoms with van der Waals surface area (Å²) in [5.74, 6) is -0.212. The highest BCUT2D eigenvalue weighted by Gasteiger charge is 2.22. The van der Waals surface area contributed by atoms with Crippen LogP contribution in [0.2, 0.25) is 0 Å². The number of benzene rings is 2. The Morgan fingerprint density at radius 2 is 1.97 bits per heavy atom. The van der Waals surface area contributed by atoms with Crippen LogP contribution in [-0.2, 0) is 17.8 Å². The van der Waals surface area contributed by atoms with Crippen LogP contribution in [-0.4, -0.2) is 41.3 Å². The molecule has 30 heavy (non-hydrogen) atoms. The quantitative estimate of drug-likeness (QED) is 0.663. The SMILES string of the molecule is CCCc1cc(NCc2ccc(C(=O)N3CCNC(=O)C3)cc2)c2ccccc2n1. The maximum Gasteiger partial charge on any atom is 0.254 e. The first-order valence-corrected chi connectivity index (χ1v) is 10.4. The number of fused-ring (bicyclic) bond motifs is 1. The van der Waals surface area contributed by atoms with Crippen molar-refractivity contribution in [3.8, 4) is 0 Å². The number of aryl methyl sites for hydroxylation is 1. The average Bonchev–Trinajstić information content (AvgIpc) is 2.77. The Bertz CT molecular complexity index is 1060. The van der Waals surface area contributed by atoms with Crippen molar-refractivity contribution in [2.75, 3.05) is 25.0 Å². The monoisotopic (exact) mass is 402 g/mol. The largest absolute Gasteiger partial charge is 0.380 e. The van der Waals surface area contributed by atoms with E-state index in [4.69, 9.17) is 4.98 Å². The molecule has 0 spiro atoms. The Balaban J connectivity index is 1.47. The maximum atomic E-state index is 12.6. The number of rotatable bonds is 6. The molecule has 0 unspecified atom stereocenters. The van der Waals surface area contributed by atoms with Crippen molar-refractivity contribution in [1.29, 1.82) is 0 Å². The Kier molecular flexibility index (Phi) is 5.93. The van der Waals surface area contributed by atoms with Crippen molar-refractivity contribution in [3.05, 3.63) is 71.4 Å². The van der Waals surface area contributed by atoms with Crippen LogP contribution >= 0.6 is 0 Å². The lowest BCUT2D eigenvalue weighted by atomic mass is 10.1. The third kappa shape index (κ3) is 4.43. The van der Waals surface area contributed by atoms with Gasteiger partial charge in [0.2, 0.25) is 5.91 Å². The van der Waals surface area contributed by atoms with Gasteiger partial charge in [-0.1, -0.05) is 43.7 Å². The van der Waals surface area contributed by atoms with Crippen LogP contribution in [0, 0.1) is 0 Å². The lowest BCUT2D eigenvalue weighted by molar-refractivity contribution is -0.123. The van der Waals surface area contributed by atoms with Gasteiger partial charge in [0, 0.05) is 42.0 Å². The van der Waals surface area contributed by atoms with Gasteiger partial charge < -0.3 is 15.5 Å². The number of para-hydroxylation sites is 1. The highest BCUT2D eigenvalue weighted by Crippen LogP contribution is 2.24. The minimum Gasteiger partial charge on any atom is -0.380 e. The number of aromatic nitrogens is 1. The van der Waals surface area contributed by atoms with Gasteiger partial charge in [-0.3, -0.25) is 14.6 Å². The molecule has 1 saturated heterocycles. The maximum absolute atomic E-state index is 12.6. The van der Waals surface area contributed by atoms with Crippen LogP contribution in [0.5, 0.6) is 0 Å². The van der Waals surface area contributed by atoms with Gasteiger partial charge in [-0.25, -0.2) is 0 Å². The number of carbonyl (C=O) groups is 2. The normalized spacial score (nSPS) is 13.9. The van der Waals surface area contributed by atoms with Gasteiger partial charge in [-0.15, -0.1) is 0 Å².